The lowest BCUT2D eigenvalue weighted by molar-refractivity contribution is 0.618. The molecule has 1 saturated carbocycles. The topological polar surface area (TPSA) is 12.0 Å². The van der Waals surface area contributed by atoms with Crippen molar-refractivity contribution in [1.82, 2.24) is 0 Å². The quantitative estimate of drug-likeness (QED) is 0.869. The van der Waals surface area contributed by atoms with Crippen LogP contribution in [0.5, 0.6) is 0 Å². The van der Waals surface area contributed by atoms with Crippen LogP contribution in [0, 0.1) is 11.7 Å². The second-order valence-corrected chi connectivity index (χ2v) is 4.81. The minimum Gasteiger partial charge on any atom is -0.380 e. The van der Waals surface area contributed by atoms with Crippen molar-refractivity contribution in [3.63, 3.8) is 0 Å². The van der Waals surface area contributed by atoms with E-state index in [0.717, 1.165) is 10.4 Å². The zero-order valence-corrected chi connectivity index (χ0v) is 9.64. The van der Waals surface area contributed by atoms with E-state index in [1.165, 1.54) is 18.9 Å². The summed E-state index contributed by atoms with van der Waals surface area (Å²) >= 11 is 3.24. The summed E-state index contributed by atoms with van der Waals surface area (Å²) in [6.45, 7) is 2.11. The molecule has 0 saturated heterocycles. The molecule has 1 aliphatic rings. The van der Waals surface area contributed by atoms with Crippen LogP contribution in [0.15, 0.2) is 22.7 Å². The number of halogens is 2. The van der Waals surface area contributed by atoms with Gasteiger partial charge in [0.2, 0.25) is 0 Å². The maximum atomic E-state index is 13.4. The standard InChI is InChI=1S/C11H13BrFN/c1-7(8-2-3-8)14-11-5-4-9(12)6-10(11)13/h4-8,14H,2-3H2,1H3. The van der Waals surface area contributed by atoms with E-state index >= 15 is 0 Å². The molecule has 1 N–H and O–H groups in total. The summed E-state index contributed by atoms with van der Waals surface area (Å²) in [5.41, 5.74) is 0.604. The van der Waals surface area contributed by atoms with Gasteiger partial charge in [0.15, 0.2) is 0 Å². The molecule has 1 nitrogen and oxygen atoms in total. The predicted molar refractivity (Wildman–Crippen MR) is 59.9 cm³/mol. The van der Waals surface area contributed by atoms with Crippen molar-refractivity contribution in [3.05, 3.63) is 28.5 Å². The Labute approximate surface area is 91.8 Å². The van der Waals surface area contributed by atoms with Crippen molar-refractivity contribution >= 4 is 21.6 Å². The Morgan fingerprint density at radius 2 is 2.21 bits per heavy atom. The number of nitrogens with one attached hydrogen (secondary N) is 1. The Balaban J connectivity index is 2.07. The monoisotopic (exact) mass is 257 g/mol. The molecule has 1 atom stereocenters. The minimum absolute atomic E-state index is 0.188. The van der Waals surface area contributed by atoms with Gasteiger partial charge in [0.05, 0.1) is 5.69 Å². The van der Waals surface area contributed by atoms with Crippen LogP contribution < -0.4 is 5.32 Å². The van der Waals surface area contributed by atoms with Crippen molar-refractivity contribution in [2.45, 2.75) is 25.8 Å². The lowest BCUT2D eigenvalue weighted by atomic mass is 10.2. The molecule has 0 radical (unpaired) electrons. The zero-order chi connectivity index (χ0) is 10.1. The normalized spacial score (nSPS) is 17.9. The van der Waals surface area contributed by atoms with E-state index in [0.29, 0.717) is 11.7 Å². The molecule has 0 bridgehead atoms. The fourth-order valence-corrected chi connectivity index (χ4v) is 1.90. The molecule has 1 aliphatic carbocycles. The number of benzene rings is 1. The van der Waals surface area contributed by atoms with Crippen molar-refractivity contribution in [2.24, 2.45) is 5.92 Å². The molecule has 1 aromatic carbocycles. The van der Waals surface area contributed by atoms with E-state index in [1.54, 1.807) is 6.07 Å². The third kappa shape index (κ3) is 2.27. The summed E-state index contributed by atoms with van der Waals surface area (Å²) in [7, 11) is 0. The number of anilines is 1. The first-order chi connectivity index (χ1) is 6.66. The summed E-state index contributed by atoms with van der Waals surface area (Å²) in [4.78, 5) is 0. The van der Waals surface area contributed by atoms with Crippen LogP contribution in [0.4, 0.5) is 10.1 Å². The maximum absolute atomic E-state index is 13.4. The molecule has 2 rings (SSSR count). The summed E-state index contributed by atoms with van der Waals surface area (Å²) in [6.07, 6.45) is 2.54. The van der Waals surface area contributed by atoms with Gasteiger partial charge in [-0.25, -0.2) is 4.39 Å². The average Bonchev–Trinajstić information content (AvgIpc) is 2.92. The Morgan fingerprint density at radius 1 is 1.50 bits per heavy atom. The summed E-state index contributed by atoms with van der Waals surface area (Å²) in [5.74, 6) is 0.546. The molecule has 1 fully saturated rings. The molecular formula is C11H13BrFN. The molecular weight excluding hydrogens is 245 g/mol. The SMILES string of the molecule is CC(Nc1ccc(Br)cc1F)C1CC1. The van der Waals surface area contributed by atoms with Crippen LogP contribution in [-0.2, 0) is 0 Å². The van der Waals surface area contributed by atoms with E-state index in [2.05, 4.69) is 28.2 Å². The van der Waals surface area contributed by atoms with Crippen LogP contribution in [0.2, 0.25) is 0 Å². The molecule has 0 amide bonds. The summed E-state index contributed by atoms with van der Waals surface area (Å²) in [5, 5.41) is 3.20. The van der Waals surface area contributed by atoms with Crippen LogP contribution in [0.3, 0.4) is 0 Å². The van der Waals surface area contributed by atoms with Gasteiger partial charge in [0, 0.05) is 10.5 Å². The van der Waals surface area contributed by atoms with Gasteiger partial charge in [-0.1, -0.05) is 15.9 Å². The van der Waals surface area contributed by atoms with Crippen LogP contribution >= 0.6 is 15.9 Å². The average molecular weight is 258 g/mol. The molecule has 14 heavy (non-hydrogen) atoms. The summed E-state index contributed by atoms with van der Waals surface area (Å²) in [6, 6.07) is 5.50. The number of hydrogen-bond acceptors (Lipinski definition) is 1. The van der Waals surface area contributed by atoms with E-state index in [1.807, 2.05) is 6.07 Å². The van der Waals surface area contributed by atoms with Gasteiger partial charge in [-0.15, -0.1) is 0 Å². The molecule has 0 heterocycles. The van der Waals surface area contributed by atoms with Crippen molar-refractivity contribution in [2.75, 3.05) is 5.32 Å². The second-order valence-electron chi connectivity index (χ2n) is 3.89. The molecule has 0 aliphatic heterocycles. The van der Waals surface area contributed by atoms with Gasteiger partial charge in [-0.3, -0.25) is 0 Å². The lowest BCUT2D eigenvalue weighted by Crippen LogP contribution is -2.17. The fourth-order valence-electron chi connectivity index (χ4n) is 1.57. The Kier molecular flexibility index (Phi) is 2.77. The van der Waals surface area contributed by atoms with Crippen molar-refractivity contribution in [3.8, 4) is 0 Å². The fraction of sp³-hybridized carbons (Fsp3) is 0.455. The lowest BCUT2D eigenvalue weighted by Gasteiger charge is -2.14. The highest BCUT2D eigenvalue weighted by atomic mass is 79.9. The summed E-state index contributed by atoms with van der Waals surface area (Å²) < 4.78 is 14.2. The minimum atomic E-state index is -0.188. The Bertz CT molecular complexity index is 336. The van der Waals surface area contributed by atoms with Gasteiger partial charge in [0.1, 0.15) is 5.82 Å². The molecule has 0 aromatic heterocycles. The van der Waals surface area contributed by atoms with Crippen LogP contribution in [0.25, 0.3) is 0 Å². The van der Waals surface area contributed by atoms with E-state index in [4.69, 9.17) is 0 Å². The van der Waals surface area contributed by atoms with Crippen LogP contribution in [0.1, 0.15) is 19.8 Å². The molecule has 1 unspecified atom stereocenters. The van der Waals surface area contributed by atoms with Gasteiger partial charge < -0.3 is 5.32 Å². The van der Waals surface area contributed by atoms with E-state index in [-0.39, 0.29) is 5.82 Å². The third-order valence-corrected chi connectivity index (χ3v) is 3.14. The number of hydrogen-bond donors (Lipinski definition) is 1. The largest absolute Gasteiger partial charge is 0.380 e. The highest BCUT2D eigenvalue weighted by molar-refractivity contribution is 9.10. The second kappa shape index (κ2) is 3.89. The first-order valence-electron chi connectivity index (χ1n) is 4.88. The molecule has 0 spiro atoms. The van der Waals surface area contributed by atoms with E-state index < -0.39 is 0 Å². The van der Waals surface area contributed by atoms with Gasteiger partial charge in [-0.2, -0.15) is 0 Å². The van der Waals surface area contributed by atoms with Crippen LogP contribution in [-0.4, -0.2) is 6.04 Å². The number of rotatable bonds is 3. The smallest absolute Gasteiger partial charge is 0.147 e. The highest BCUT2D eigenvalue weighted by Gasteiger charge is 2.28. The molecule has 1 aromatic rings. The van der Waals surface area contributed by atoms with Gasteiger partial charge >= 0.3 is 0 Å². The van der Waals surface area contributed by atoms with E-state index in [9.17, 15) is 4.39 Å². The molecule has 76 valence electrons. The highest BCUT2D eigenvalue weighted by Crippen LogP contribution is 2.34. The third-order valence-electron chi connectivity index (χ3n) is 2.64. The zero-order valence-electron chi connectivity index (χ0n) is 8.06. The Morgan fingerprint density at radius 3 is 2.79 bits per heavy atom. The molecule has 3 heteroatoms. The van der Waals surface area contributed by atoms with Crippen molar-refractivity contribution in [1.29, 1.82) is 0 Å². The van der Waals surface area contributed by atoms with Gasteiger partial charge in [-0.05, 0) is 43.9 Å². The first kappa shape index (κ1) is 9.97. The van der Waals surface area contributed by atoms with Gasteiger partial charge in [0.25, 0.3) is 0 Å². The Hall–Kier alpha value is -0.570. The predicted octanol–water partition coefficient (Wildman–Crippen LogP) is 3.80. The maximum Gasteiger partial charge on any atom is 0.147 e. The first-order valence-corrected chi connectivity index (χ1v) is 5.67. The van der Waals surface area contributed by atoms with Crippen molar-refractivity contribution < 1.29 is 4.39 Å².